The summed E-state index contributed by atoms with van der Waals surface area (Å²) in [7, 11) is -2.49. The summed E-state index contributed by atoms with van der Waals surface area (Å²) < 4.78 is 7.01. The number of ketones is 1. The topological polar surface area (TPSA) is 26.3 Å². The number of Topliss-reactive ketones (excluding diaryl/α,β-unsaturated/α-hetero) is 1. The highest BCUT2D eigenvalue weighted by Gasteiger charge is 2.52. The minimum Gasteiger partial charge on any atom is -0.404 e. The molecule has 0 spiro atoms. The summed E-state index contributed by atoms with van der Waals surface area (Å²) in [5.74, 6) is 0.719. The SMILES string of the molecule is CC(O[Si](c1ccccc1)(c1ccccc1)C(C)(C)C)C1CC(=O)C1. The van der Waals surface area contributed by atoms with Crippen molar-refractivity contribution in [2.45, 2.75) is 51.7 Å². The Morgan fingerprint density at radius 1 is 0.920 bits per heavy atom. The molecule has 0 N–H and O–H groups in total. The molecule has 132 valence electrons. The van der Waals surface area contributed by atoms with Crippen LogP contribution in [0.4, 0.5) is 0 Å². The van der Waals surface area contributed by atoms with E-state index < -0.39 is 8.32 Å². The van der Waals surface area contributed by atoms with Crippen molar-refractivity contribution in [3.05, 3.63) is 60.7 Å². The van der Waals surface area contributed by atoms with Crippen LogP contribution in [0.1, 0.15) is 40.5 Å². The highest BCUT2D eigenvalue weighted by molar-refractivity contribution is 6.99. The molecule has 0 bridgehead atoms. The minimum atomic E-state index is -2.49. The molecule has 2 nitrogen and oxygen atoms in total. The number of carbonyl (C=O) groups excluding carboxylic acids is 1. The van der Waals surface area contributed by atoms with Crippen LogP contribution in [-0.4, -0.2) is 20.2 Å². The van der Waals surface area contributed by atoms with Crippen molar-refractivity contribution in [3.63, 3.8) is 0 Å². The van der Waals surface area contributed by atoms with Crippen LogP contribution in [0.15, 0.2) is 60.7 Å². The second-order valence-corrected chi connectivity index (χ2v) is 12.4. The lowest BCUT2D eigenvalue weighted by Gasteiger charge is -2.46. The Bertz CT molecular complexity index is 671. The number of carbonyl (C=O) groups is 1. The van der Waals surface area contributed by atoms with Gasteiger partial charge in [0.15, 0.2) is 0 Å². The van der Waals surface area contributed by atoms with E-state index in [0.29, 0.717) is 24.5 Å². The molecule has 1 unspecified atom stereocenters. The molecule has 1 atom stereocenters. The molecule has 0 aromatic heterocycles. The Morgan fingerprint density at radius 3 is 1.72 bits per heavy atom. The fourth-order valence-corrected chi connectivity index (χ4v) is 8.69. The van der Waals surface area contributed by atoms with Crippen LogP contribution >= 0.6 is 0 Å². The zero-order chi connectivity index (χ0) is 18.1. The molecule has 1 aliphatic rings. The Morgan fingerprint density at radius 2 is 1.36 bits per heavy atom. The predicted molar refractivity (Wildman–Crippen MR) is 106 cm³/mol. The van der Waals surface area contributed by atoms with Crippen molar-refractivity contribution in [2.75, 3.05) is 0 Å². The molecule has 2 aromatic carbocycles. The van der Waals surface area contributed by atoms with Crippen LogP contribution in [0.2, 0.25) is 5.04 Å². The molecule has 0 aliphatic heterocycles. The third kappa shape index (κ3) is 3.36. The van der Waals surface area contributed by atoms with Crippen molar-refractivity contribution >= 4 is 24.5 Å². The first kappa shape index (κ1) is 18.1. The van der Waals surface area contributed by atoms with Gasteiger partial charge in [0, 0.05) is 18.9 Å². The van der Waals surface area contributed by atoms with Crippen LogP contribution < -0.4 is 10.4 Å². The Labute approximate surface area is 152 Å². The summed E-state index contributed by atoms with van der Waals surface area (Å²) in [5.41, 5.74) is 0. The van der Waals surface area contributed by atoms with Crippen molar-refractivity contribution in [1.82, 2.24) is 0 Å². The van der Waals surface area contributed by atoms with E-state index in [0.717, 1.165) is 0 Å². The summed E-state index contributed by atoms with van der Waals surface area (Å²) >= 11 is 0. The van der Waals surface area contributed by atoms with Gasteiger partial charge >= 0.3 is 0 Å². The zero-order valence-electron chi connectivity index (χ0n) is 15.7. The van der Waals surface area contributed by atoms with Crippen LogP contribution in [-0.2, 0) is 9.22 Å². The van der Waals surface area contributed by atoms with Gasteiger partial charge in [-0.05, 0) is 28.3 Å². The first-order valence-corrected chi connectivity index (χ1v) is 11.1. The van der Waals surface area contributed by atoms with E-state index in [4.69, 9.17) is 4.43 Å². The largest absolute Gasteiger partial charge is 0.404 e. The van der Waals surface area contributed by atoms with Gasteiger partial charge < -0.3 is 4.43 Å². The third-order valence-electron chi connectivity index (χ3n) is 5.42. The second kappa shape index (κ2) is 6.89. The van der Waals surface area contributed by atoms with E-state index in [1.807, 2.05) is 0 Å². The van der Waals surface area contributed by atoms with Gasteiger partial charge in [0.2, 0.25) is 0 Å². The summed E-state index contributed by atoms with van der Waals surface area (Å²) in [6, 6.07) is 21.4. The fraction of sp³-hybridized carbons (Fsp3) is 0.409. The lowest BCUT2D eigenvalue weighted by atomic mass is 9.80. The van der Waals surface area contributed by atoms with Crippen LogP contribution in [0, 0.1) is 5.92 Å². The van der Waals surface area contributed by atoms with Gasteiger partial charge in [-0.3, -0.25) is 4.79 Å². The van der Waals surface area contributed by atoms with Gasteiger partial charge in [-0.2, -0.15) is 0 Å². The van der Waals surface area contributed by atoms with Crippen LogP contribution in [0.25, 0.3) is 0 Å². The van der Waals surface area contributed by atoms with Gasteiger partial charge in [0.25, 0.3) is 8.32 Å². The maximum absolute atomic E-state index is 11.5. The van der Waals surface area contributed by atoms with Crippen molar-refractivity contribution in [3.8, 4) is 0 Å². The third-order valence-corrected chi connectivity index (χ3v) is 10.6. The molecule has 3 heteroatoms. The Hall–Kier alpha value is -1.71. The average Bonchev–Trinajstić information content (AvgIpc) is 2.57. The normalized spacial score (nSPS) is 17.2. The van der Waals surface area contributed by atoms with E-state index in [1.165, 1.54) is 10.4 Å². The van der Waals surface area contributed by atoms with Gasteiger partial charge in [0.05, 0.1) is 0 Å². The molecule has 0 amide bonds. The smallest absolute Gasteiger partial charge is 0.261 e. The van der Waals surface area contributed by atoms with Crippen molar-refractivity contribution in [1.29, 1.82) is 0 Å². The molecule has 3 rings (SSSR count). The average molecular weight is 353 g/mol. The lowest BCUT2D eigenvalue weighted by Crippen LogP contribution is -2.68. The number of benzene rings is 2. The highest BCUT2D eigenvalue weighted by atomic mass is 28.4. The minimum absolute atomic E-state index is 0.0161. The number of hydrogen-bond donors (Lipinski definition) is 0. The van der Waals surface area contributed by atoms with Crippen LogP contribution in [0.3, 0.4) is 0 Å². The first-order valence-electron chi connectivity index (χ1n) is 9.15. The second-order valence-electron chi connectivity index (χ2n) is 8.19. The van der Waals surface area contributed by atoms with Crippen molar-refractivity contribution < 1.29 is 9.22 Å². The van der Waals surface area contributed by atoms with E-state index in [9.17, 15) is 4.79 Å². The molecule has 0 heterocycles. The zero-order valence-corrected chi connectivity index (χ0v) is 16.7. The van der Waals surface area contributed by atoms with Crippen molar-refractivity contribution in [2.24, 2.45) is 5.92 Å². The Balaban J connectivity index is 2.10. The first-order chi connectivity index (χ1) is 11.8. The highest BCUT2D eigenvalue weighted by Crippen LogP contribution is 2.40. The van der Waals surface area contributed by atoms with Gasteiger partial charge in [-0.1, -0.05) is 81.4 Å². The maximum Gasteiger partial charge on any atom is 0.261 e. The fourth-order valence-electron chi connectivity index (χ4n) is 3.92. The monoisotopic (exact) mass is 352 g/mol. The Kier molecular flexibility index (Phi) is 4.98. The molecule has 1 saturated carbocycles. The quantitative estimate of drug-likeness (QED) is 0.762. The van der Waals surface area contributed by atoms with E-state index >= 15 is 0 Å². The standard InChI is InChI=1S/C22H28O2Si/c1-17(18-15-19(23)16-18)24-25(22(2,3)4,20-11-7-5-8-12-20)21-13-9-6-10-14-21/h5-14,17-18H,15-16H2,1-4H3. The number of hydrogen-bond acceptors (Lipinski definition) is 2. The van der Waals surface area contributed by atoms with E-state index in [1.54, 1.807) is 0 Å². The summed E-state index contributed by atoms with van der Waals surface area (Å²) in [6.45, 7) is 9.02. The lowest BCUT2D eigenvalue weighted by molar-refractivity contribution is -0.129. The molecule has 25 heavy (non-hydrogen) atoms. The predicted octanol–water partition coefficient (Wildman–Crippen LogP) is 3.93. The molecule has 2 aromatic rings. The molecule has 1 aliphatic carbocycles. The van der Waals surface area contributed by atoms with E-state index in [2.05, 4.69) is 88.4 Å². The van der Waals surface area contributed by atoms with Gasteiger partial charge in [0.1, 0.15) is 5.78 Å². The molecule has 1 fully saturated rings. The van der Waals surface area contributed by atoms with Gasteiger partial charge in [-0.25, -0.2) is 0 Å². The molecular weight excluding hydrogens is 324 g/mol. The molecule has 0 radical (unpaired) electrons. The summed E-state index contributed by atoms with van der Waals surface area (Å²) in [5, 5.41) is 2.58. The summed E-state index contributed by atoms with van der Waals surface area (Å²) in [4.78, 5) is 11.5. The number of rotatable bonds is 5. The van der Waals surface area contributed by atoms with Gasteiger partial charge in [-0.15, -0.1) is 0 Å². The maximum atomic E-state index is 11.5. The molecular formula is C22H28O2Si. The summed E-state index contributed by atoms with van der Waals surface area (Å²) in [6.07, 6.45) is 1.42. The van der Waals surface area contributed by atoms with E-state index in [-0.39, 0.29) is 11.1 Å². The van der Waals surface area contributed by atoms with Crippen LogP contribution in [0.5, 0.6) is 0 Å². The molecule has 0 saturated heterocycles.